The van der Waals surface area contributed by atoms with Crippen LogP contribution in [0.2, 0.25) is 0 Å². The van der Waals surface area contributed by atoms with E-state index in [-0.39, 0.29) is 12.5 Å². The molecule has 1 atom stereocenters. The van der Waals surface area contributed by atoms with Gasteiger partial charge in [0.1, 0.15) is 6.54 Å². The van der Waals surface area contributed by atoms with Gasteiger partial charge in [-0.05, 0) is 12.3 Å². The van der Waals surface area contributed by atoms with Crippen LogP contribution in [0.25, 0.3) is 0 Å². The maximum atomic E-state index is 10.9. The van der Waals surface area contributed by atoms with Crippen molar-refractivity contribution in [2.24, 2.45) is 10.9 Å². The van der Waals surface area contributed by atoms with Crippen molar-refractivity contribution in [2.45, 2.75) is 26.3 Å². The Balaban J connectivity index is 2.32. The summed E-state index contributed by atoms with van der Waals surface area (Å²) < 4.78 is 4.52. The summed E-state index contributed by atoms with van der Waals surface area (Å²) >= 11 is 1.68. The molecule has 1 aliphatic rings. The summed E-state index contributed by atoms with van der Waals surface area (Å²) in [6, 6.07) is 0.492. The second-order valence-corrected chi connectivity index (χ2v) is 4.99. The Morgan fingerprint density at radius 1 is 1.73 bits per heavy atom. The van der Waals surface area contributed by atoms with E-state index in [0.29, 0.717) is 12.0 Å². The number of rotatable bonds is 4. The van der Waals surface area contributed by atoms with Gasteiger partial charge >= 0.3 is 5.97 Å². The average molecular weight is 230 g/mol. The first kappa shape index (κ1) is 12.4. The van der Waals surface area contributed by atoms with Crippen LogP contribution in [0.3, 0.4) is 0 Å². The van der Waals surface area contributed by atoms with Crippen molar-refractivity contribution in [1.82, 2.24) is 5.32 Å². The summed E-state index contributed by atoms with van der Waals surface area (Å²) in [5.74, 6) is 1.43. The quantitative estimate of drug-likeness (QED) is 0.739. The maximum Gasteiger partial charge on any atom is 0.327 e. The lowest BCUT2D eigenvalue weighted by atomic mass is 10.1. The Hall–Kier alpha value is -0.710. The second-order valence-electron chi connectivity index (χ2n) is 3.98. The molecule has 0 aliphatic carbocycles. The zero-order valence-electron chi connectivity index (χ0n) is 9.45. The van der Waals surface area contributed by atoms with Crippen molar-refractivity contribution < 1.29 is 9.53 Å². The number of aliphatic imine (C=N–C) groups is 1. The molecule has 1 N–H and O–H groups in total. The van der Waals surface area contributed by atoms with Gasteiger partial charge in [0.2, 0.25) is 0 Å². The Morgan fingerprint density at radius 2 is 2.47 bits per heavy atom. The topological polar surface area (TPSA) is 50.7 Å². The molecule has 1 fully saturated rings. The van der Waals surface area contributed by atoms with Crippen molar-refractivity contribution in [2.75, 3.05) is 19.4 Å². The molecular formula is C10H18N2O2S. The lowest BCUT2D eigenvalue weighted by Gasteiger charge is -2.11. The first-order chi connectivity index (χ1) is 7.11. The molecule has 1 unspecified atom stereocenters. The predicted molar refractivity (Wildman–Crippen MR) is 63.2 cm³/mol. The molecular weight excluding hydrogens is 212 g/mol. The standard InChI is InChI=1S/C10H18N2O2S/c1-7(2)4-8-6-15-10(12-8)11-5-9(13)14-3/h7-8H,4-6H2,1-3H3,(H,11,12). The van der Waals surface area contributed by atoms with Crippen molar-refractivity contribution in [3.8, 4) is 0 Å². The van der Waals surface area contributed by atoms with E-state index in [1.165, 1.54) is 7.11 Å². The summed E-state index contributed by atoms with van der Waals surface area (Å²) in [6.45, 7) is 4.52. The van der Waals surface area contributed by atoms with Gasteiger partial charge in [-0.1, -0.05) is 25.6 Å². The molecule has 0 radical (unpaired) electrons. The first-order valence-electron chi connectivity index (χ1n) is 5.12. The SMILES string of the molecule is COC(=O)CN=C1NC(CC(C)C)CS1. The van der Waals surface area contributed by atoms with Crippen molar-refractivity contribution >= 4 is 22.9 Å². The van der Waals surface area contributed by atoms with Gasteiger partial charge < -0.3 is 10.1 Å². The van der Waals surface area contributed by atoms with Gasteiger partial charge in [-0.2, -0.15) is 0 Å². The largest absolute Gasteiger partial charge is 0.468 e. The predicted octanol–water partition coefficient (Wildman–Crippen LogP) is 1.27. The van der Waals surface area contributed by atoms with Crippen molar-refractivity contribution in [1.29, 1.82) is 0 Å². The van der Waals surface area contributed by atoms with Crippen LogP contribution in [-0.2, 0) is 9.53 Å². The second kappa shape index (κ2) is 6.00. The molecule has 0 aromatic carbocycles. The highest BCUT2D eigenvalue weighted by Crippen LogP contribution is 2.18. The van der Waals surface area contributed by atoms with E-state index < -0.39 is 0 Å². The summed E-state index contributed by atoms with van der Waals surface area (Å²) in [6.07, 6.45) is 1.14. The lowest BCUT2D eigenvalue weighted by Crippen LogP contribution is -2.28. The summed E-state index contributed by atoms with van der Waals surface area (Å²) in [5.41, 5.74) is 0. The Morgan fingerprint density at radius 3 is 3.07 bits per heavy atom. The molecule has 86 valence electrons. The summed E-state index contributed by atoms with van der Waals surface area (Å²) in [4.78, 5) is 15.0. The summed E-state index contributed by atoms with van der Waals surface area (Å²) in [5, 5.41) is 4.17. The van der Waals surface area contributed by atoms with Gasteiger partial charge in [0.15, 0.2) is 5.17 Å². The van der Waals surface area contributed by atoms with E-state index in [1.54, 1.807) is 11.8 Å². The third-order valence-electron chi connectivity index (χ3n) is 2.08. The van der Waals surface area contributed by atoms with Crippen LogP contribution in [0.4, 0.5) is 0 Å². The van der Waals surface area contributed by atoms with Crippen molar-refractivity contribution in [3.05, 3.63) is 0 Å². The van der Waals surface area contributed by atoms with E-state index in [1.807, 2.05) is 0 Å². The number of hydrogen-bond donors (Lipinski definition) is 1. The van der Waals surface area contributed by atoms with Crippen LogP contribution < -0.4 is 5.32 Å². The molecule has 4 nitrogen and oxygen atoms in total. The van der Waals surface area contributed by atoms with Crippen LogP contribution in [0.1, 0.15) is 20.3 Å². The molecule has 15 heavy (non-hydrogen) atoms. The monoisotopic (exact) mass is 230 g/mol. The number of hydrogen-bond acceptors (Lipinski definition) is 4. The molecule has 1 saturated heterocycles. The highest BCUT2D eigenvalue weighted by atomic mass is 32.2. The Labute approximate surface area is 94.9 Å². The van der Waals surface area contributed by atoms with Crippen LogP contribution in [0, 0.1) is 5.92 Å². The smallest absolute Gasteiger partial charge is 0.327 e. The summed E-state index contributed by atoms with van der Waals surface area (Å²) in [7, 11) is 1.37. The molecule has 0 spiro atoms. The lowest BCUT2D eigenvalue weighted by molar-refractivity contribution is -0.138. The first-order valence-corrected chi connectivity index (χ1v) is 6.11. The van der Waals surface area contributed by atoms with E-state index >= 15 is 0 Å². The number of carbonyl (C=O) groups is 1. The molecule has 5 heteroatoms. The van der Waals surface area contributed by atoms with E-state index in [4.69, 9.17) is 0 Å². The van der Waals surface area contributed by atoms with Gasteiger partial charge in [0, 0.05) is 11.8 Å². The minimum absolute atomic E-state index is 0.111. The molecule has 1 rings (SSSR count). The zero-order valence-corrected chi connectivity index (χ0v) is 10.3. The molecule has 1 heterocycles. The van der Waals surface area contributed by atoms with Gasteiger partial charge in [-0.15, -0.1) is 0 Å². The third-order valence-corrected chi connectivity index (χ3v) is 3.17. The molecule has 0 aromatic heterocycles. The fraction of sp³-hybridized carbons (Fsp3) is 0.800. The van der Waals surface area contributed by atoms with Crippen LogP contribution in [0.5, 0.6) is 0 Å². The van der Waals surface area contributed by atoms with E-state index in [9.17, 15) is 4.79 Å². The normalized spacial score (nSPS) is 23.2. The molecule has 0 amide bonds. The van der Waals surface area contributed by atoms with E-state index in [2.05, 4.69) is 28.9 Å². The molecule has 1 aliphatic heterocycles. The number of esters is 1. The van der Waals surface area contributed by atoms with Crippen LogP contribution in [0.15, 0.2) is 4.99 Å². The fourth-order valence-corrected chi connectivity index (χ4v) is 2.41. The fourth-order valence-electron chi connectivity index (χ4n) is 1.43. The van der Waals surface area contributed by atoms with Crippen LogP contribution in [-0.4, -0.2) is 36.6 Å². The number of nitrogens with one attached hydrogen (secondary N) is 1. The van der Waals surface area contributed by atoms with Gasteiger partial charge in [0.25, 0.3) is 0 Å². The number of nitrogens with zero attached hydrogens (tertiary/aromatic N) is 1. The van der Waals surface area contributed by atoms with Gasteiger partial charge in [0.05, 0.1) is 7.11 Å². The Bertz CT molecular complexity index is 254. The van der Waals surface area contributed by atoms with Gasteiger partial charge in [-0.25, -0.2) is 0 Å². The van der Waals surface area contributed by atoms with Gasteiger partial charge in [-0.3, -0.25) is 9.79 Å². The highest BCUT2D eigenvalue weighted by molar-refractivity contribution is 8.14. The molecule has 0 saturated carbocycles. The Kier molecular flexibility index (Phi) is 4.94. The highest BCUT2D eigenvalue weighted by Gasteiger charge is 2.20. The van der Waals surface area contributed by atoms with E-state index in [0.717, 1.165) is 17.3 Å². The zero-order chi connectivity index (χ0) is 11.3. The number of amidine groups is 1. The number of ether oxygens (including phenoxy) is 1. The average Bonchev–Trinajstić information content (AvgIpc) is 2.61. The third kappa shape index (κ3) is 4.55. The minimum atomic E-state index is -0.294. The molecule has 0 bridgehead atoms. The number of carbonyl (C=O) groups excluding carboxylic acids is 1. The number of thioether (sulfide) groups is 1. The number of methoxy groups -OCH3 is 1. The maximum absolute atomic E-state index is 10.9. The molecule has 0 aromatic rings. The minimum Gasteiger partial charge on any atom is -0.468 e. The van der Waals surface area contributed by atoms with Crippen LogP contribution >= 0.6 is 11.8 Å². The van der Waals surface area contributed by atoms with Crippen molar-refractivity contribution in [3.63, 3.8) is 0 Å².